The summed E-state index contributed by atoms with van der Waals surface area (Å²) in [6, 6.07) is 10.8. The molecule has 0 saturated heterocycles. The molecule has 1 amide bonds. The van der Waals surface area contributed by atoms with E-state index in [0.717, 1.165) is 29.9 Å². The topological polar surface area (TPSA) is 50.4 Å². The molecule has 0 aliphatic rings. The number of halogens is 2. The molecule has 0 bridgehead atoms. The molecule has 0 fully saturated rings. The van der Waals surface area contributed by atoms with E-state index < -0.39 is 11.6 Å². The third-order valence-electron chi connectivity index (χ3n) is 3.46. The Balaban J connectivity index is 1.67. The number of carbonyl (C=O) groups is 1. The molecule has 0 radical (unpaired) electrons. The van der Waals surface area contributed by atoms with Gasteiger partial charge >= 0.3 is 0 Å². The molecule has 0 atom stereocenters. The average molecular weight is 334 g/mol. The second-order valence-corrected chi connectivity index (χ2v) is 5.27. The van der Waals surface area contributed by atoms with Gasteiger partial charge in [-0.3, -0.25) is 4.79 Å². The summed E-state index contributed by atoms with van der Waals surface area (Å²) in [5, 5.41) is 5.58. The number of ether oxygens (including phenoxy) is 1. The molecule has 0 aromatic heterocycles. The lowest BCUT2D eigenvalue weighted by atomic mass is 10.1. The van der Waals surface area contributed by atoms with Gasteiger partial charge in [0.2, 0.25) is 5.91 Å². The largest absolute Gasteiger partial charge is 0.497 e. The van der Waals surface area contributed by atoms with Gasteiger partial charge in [0.15, 0.2) is 0 Å². The van der Waals surface area contributed by atoms with Gasteiger partial charge in [0.25, 0.3) is 0 Å². The molecule has 0 saturated carbocycles. The molecule has 0 spiro atoms. The summed E-state index contributed by atoms with van der Waals surface area (Å²) in [6.07, 6.45) is 1.01. The lowest BCUT2D eigenvalue weighted by molar-refractivity contribution is -0.116. The van der Waals surface area contributed by atoms with Crippen LogP contribution in [0, 0.1) is 11.6 Å². The van der Waals surface area contributed by atoms with Crippen LogP contribution in [0.1, 0.15) is 12.0 Å². The number of methoxy groups -OCH3 is 1. The van der Waals surface area contributed by atoms with Crippen molar-refractivity contribution >= 4 is 11.6 Å². The van der Waals surface area contributed by atoms with Crippen LogP contribution in [0.25, 0.3) is 0 Å². The summed E-state index contributed by atoms with van der Waals surface area (Å²) in [4.78, 5) is 11.7. The van der Waals surface area contributed by atoms with E-state index in [4.69, 9.17) is 4.74 Å². The third kappa shape index (κ3) is 5.62. The quantitative estimate of drug-likeness (QED) is 0.729. The van der Waals surface area contributed by atoms with Crippen molar-refractivity contribution in [2.45, 2.75) is 12.8 Å². The predicted octanol–water partition coefficient (Wildman–Crippen LogP) is 3.13. The summed E-state index contributed by atoms with van der Waals surface area (Å²) in [5.41, 5.74) is 1.12. The maximum Gasteiger partial charge on any atom is 0.225 e. The van der Waals surface area contributed by atoms with Crippen LogP contribution in [0.3, 0.4) is 0 Å². The van der Waals surface area contributed by atoms with Gasteiger partial charge in [-0.15, -0.1) is 0 Å². The molecule has 0 unspecified atom stereocenters. The molecule has 24 heavy (non-hydrogen) atoms. The maximum absolute atomic E-state index is 13.4. The highest BCUT2D eigenvalue weighted by molar-refractivity contribution is 5.90. The highest BCUT2D eigenvalue weighted by atomic mass is 19.1. The fraction of sp³-hybridized carbons (Fsp3) is 0.278. The summed E-state index contributed by atoms with van der Waals surface area (Å²) >= 11 is 0. The smallest absolute Gasteiger partial charge is 0.225 e. The number of amides is 1. The molecule has 2 aromatic rings. The Hall–Kier alpha value is -2.47. The lowest BCUT2D eigenvalue weighted by Gasteiger charge is -2.08. The van der Waals surface area contributed by atoms with Crippen LogP contribution in [0.15, 0.2) is 42.5 Å². The Morgan fingerprint density at radius 3 is 2.71 bits per heavy atom. The monoisotopic (exact) mass is 334 g/mol. The normalized spacial score (nSPS) is 10.5. The van der Waals surface area contributed by atoms with Crippen molar-refractivity contribution < 1.29 is 18.3 Å². The number of hydrogen-bond acceptors (Lipinski definition) is 3. The number of nitrogens with one attached hydrogen (secondary N) is 2. The van der Waals surface area contributed by atoms with Gasteiger partial charge in [-0.1, -0.05) is 12.1 Å². The average Bonchev–Trinajstić information content (AvgIpc) is 2.57. The Labute approximate surface area is 139 Å². The fourth-order valence-corrected chi connectivity index (χ4v) is 2.19. The van der Waals surface area contributed by atoms with Gasteiger partial charge in [0, 0.05) is 19.0 Å². The van der Waals surface area contributed by atoms with E-state index in [0.29, 0.717) is 13.1 Å². The first-order valence-corrected chi connectivity index (χ1v) is 7.67. The van der Waals surface area contributed by atoms with E-state index in [1.54, 1.807) is 7.11 Å². The Morgan fingerprint density at radius 1 is 1.12 bits per heavy atom. The first kappa shape index (κ1) is 17.9. The number of anilines is 1. The molecule has 2 N–H and O–H groups in total. The van der Waals surface area contributed by atoms with E-state index in [1.807, 2.05) is 24.3 Å². The third-order valence-corrected chi connectivity index (χ3v) is 3.46. The standard InChI is InChI=1S/C18H20F2N2O2/c1-24-15-4-2-3-13(11-15)7-9-21-10-8-18(23)22-17-6-5-14(19)12-16(17)20/h2-6,11-12,21H,7-10H2,1H3,(H,22,23). The minimum absolute atomic E-state index is 0.0159. The van der Waals surface area contributed by atoms with Crippen molar-refractivity contribution in [2.24, 2.45) is 0 Å². The Morgan fingerprint density at radius 2 is 1.96 bits per heavy atom. The zero-order valence-electron chi connectivity index (χ0n) is 13.4. The minimum atomic E-state index is -0.783. The summed E-state index contributed by atoms with van der Waals surface area (Å²) < 4.78 is 31.4. The highest BCUT2D eigenvalue weighted by Crippen LogP contribution is 2.15. The van der Waals surface area contributed by atoms with Crippen LogP contribution < -0.4 is 15.4 Å². The van der Waals surface area contributed by atoms with Crippen molar-refractivity contribution in [3.63, 3.8) is 0 Å². The van der Waals surface area contributed by atoms with Crippen LogP contribution >= 0.6 is 0 Å². The summed E-state index contributed by atoms with van der Waals surface area (Å²) in [6.45, 7) is 1.18. The zero-order chi connectivity index (χ0) is 17.4. The SMILES string of the molecule is COc1cccc(CCNCCC(=O)Nc2ccc(F)cc2F)c1. The Kier molecular flexibility index (Phi) is 6.69. The predicted molar refractivity (Wildman–Crippen MR) is 89.2 cm³/mol. The molecule has 6 heteroatoms. The van der Waals surface area contributed by atoms with E-state index in [9.17, 15) is 13.6 Å². The van der Waals surface area contributed by atoms with Gasteiger partial charge in [-0.05, 0) is 42.8 Å². The lowest BCUT2D eigenvalue weighted by Crippen LogP contribution is -2.23. The van der Waals surface area contributed by atoms with Crippen LogP contribution in [0.5, 0.6) is 5.75 Å². The van der Waals surface area contributed by atoms with Gasteiger partial charge in [0.05, 0.1) is 12.8 Å². The van der Waals surface area contributed by atoms with E-state index in [2.05, 4.69) is 10.6 Å². The van der Waals surface area contributed by atoms with Gasteiger partial charge in [0.1, 0.15) is 17.4 Å². The Bertz CT molecular complexity index is 692. The molecule has 4 nitrogen and oxygen atoms in total. The van der Waals surface area contributed by atoms with Gasteiger partial charge in [-0.2, -0.15) is 0 Å². The number of hydrogen-bond donors (Lipinski definition) is 2. The fourth-order valence-electron chi connectivity index (χ4n) is 2.19. The van der Waals surface area contributed by atoms with E-state index in [-0.39, 0.29) is 18.0 Å². The molecular weight excluding hydrogens is 314 g/mol. The molecule has 0 aliphatic carbocycles. The van der Waals surface area contributed by atoms with Crippen molar-refractivity contribution in [1.29, 1.82) is 0 Å². The molecule has 0 heterocycles. The summed E-state index contributed by atoms with van der Waals surface area (Å²) in [5.74, 6) is -0.971. The molecule has 2 rings (SSSR count). The van der Waals surface area contributed by atoms with Crippen molar-refractivity contribution in [3.8, 4) is 5.75 Å². The molecule has 128 valence electrons. The first-order valence-electron chi connectivity index (χ1n) is 7.67. The van der Waals surface area contributed by atoms with Crippen molar-refractivity contribution in [1.82, 2.24) is 5.32 Å². The van der Waals surface area contributed by atoms with Gasteiger partial charge < -0.3 is 15.4 Å². The van der Waals surface area contributed by atoms with E-state index >= 15 is 0 Å². The zero-order valence-corrected chi connectivity index (χ0v) is 13.4. The highest BCUT2D eigenvalue weighted by Gasteiger charge is 2.07. The maximum atomic E-state index is 13.4. The number of carbonyl (C=O) groups excluding carboxylic acids is 1. The van der Waals surface area contributed by atoms with Gasteiger partial charge in [-0.25, -0.2) is 8.78 Å². The number of benzene rings is 2. The van der Waals surface area contributed by atoms with Crippen LogP contribution in [0.2, 0.25) is 0 Å². The second kappa shape index (κ2) is 8.98. The molecule has 0 aliphatic heterocycles. The van der Waals surface area contributed by atoms with E-state index in [1.165, 1.54) is 6.07 Å². The summed E-state index contributed by atoms with van der Waals surface area (Å²) in [7, 11) is 1.62. The van der Waals surface area contributed by atoms with Crippen LogP contribution in [-0.2, 0) is 11.2 Å². The second-order valence-electron chi connectivity index (χ2n) is 5.27. The minimum Gasteiger partial charge on any atom is -0.497 e. The van der Waals surface area contributed by atoms with Crippen molar-refractivity contribution in [3.05, 3.63) is 59.7 Å². The van der Waals surface area contributed by atoms with Crippen molar-refractivity contribution in [2.75, 3.05) is 25.5 Å². The number of rotatable bonds is 8. The first-order chi connectivity index (χ1) is 11.6. The van der Waals surface area contributed by atoms with Crippen LogP contribution in [0.4, 0.5) is 14.5 Å². The van der Waals surface area contributed by atoms with Crippen LogP contribution in [-0.4, -0.2) is 26.1 Å². The molecular formula is C18H20F2N2O2. The molecule has 2 aromatic carbocycles.